The lowest BCUT2D eigenvalue weighted by atomic mass is 9.99. The predicted octanol–water partition coefficient (Wildman–Crippen LogP) is 4.08. The molecule has 0 atom stereocenters. The number of hydrogen-bond acceptors (Lipinski definition) is 3. The van der Waals surface area contributed by atoms with Crippen molar-refractivity contribution < 1.29 is 4.79 Å². The van der Waals surface area contributed by atoms with Crippen LogP contribution >= 0.6 is 11.3 Å². The number of rotatable bonds is 2. The van der Waals surface area contributed by atoms with E-state index in [1.54, 1.807) is 11.3 Å². The fraction of sp³-hybridized carbons (Fsp3) is 0.353. The van der Waals surface area contributed by atoms with Crippen LogP contribution < -0.4 is 11.1 Å². The summed E-state index contributed by atoms with van der Waals surface area (Å²) in [6.07, 6.45) is 4.71. The highest BCUT2D eigenvalue weighted by atomic mass is 32.1. The number of thiophene rings is 1. The van der Waals surface area contributed by atoms with E-state index >= 15 is 0 Å². The van der Waals surface area contributed by atoms with Crippen molar-refractivity contribution in [2.45, 2.75) is 39.5 Å². The van der Waals surface area contributed by atoms with Gasteiger partial charge in [0, 0.05) is 16.3 Å². The smallest absolute Gasteiger partial charge is 0.265 e. The average Bonchev–Trinajstić information content (AvgIpc) is 2.88. The number of nitrogens with two attached hydrogens (primary N) is 1. The van der Waals surface area contributed by atoms with Crippen LogP contribution in [0.2, 0.25) is 0 Å². The van der Waals surface area contributed by atoms with Crippen LogP contribution in [0, 0.1) is 13.8 Å². The third kappa shape index (κ3) is 2.81. The number of benzene rings is 1. The largest absolute Gasteiger partial charge is 0.399 e. The van der Waals surface area contributed by atoms with E-state index in [9.17, 15) is 4.79 Å². The molecule has 4 heteroatoms. The van der Waals surface area contributed by atoms with Crippen molar-refractivity contribution in [1.29, 1.82) is 0 Å². The number of fused-ring (bicyclic) bond motifs is 1. The van der Waals surface area contributed by atoms with Gasteiger partial charge in [-0.15, -0.1) is 11.3 Å². The Bertz CT molecular complexity index is 680. The second kappa shape index (κ2) is 5.53. The van der Waals surface area contributed by atoms with E-state index in [2.05, 4.69) is 11.4 Å². The van der Waals surface area contributed by atoms with Crippen molar-refractivity contribution in [1.82, 2.24) is 0 Å². The zero-order valence-corrected chi connectivity index (χ0v) is 13.3. The molecule has 3 N–H and O–H groups in total. The van der Waals surface area contributed by atoms with Gasteiger partial charge in [0.2, 0.25) is 0 Å². The molecule has 1 amide bonds. The third-order valence-electron chi connectivity index (χ3n) is 4.08. The summed E-state index contributed by atoms with van der Waals surface area (Å²) in [7, 11) is 0. The lowest BCUT2D eigenvalue weighted by Gasteiger charge is -2.10. The molecular weight excluding hydrogens is 280 g/mol. The normalized spacial score (nSPS) is 13.8. The molecule has 1 aromatic carbocycles. The quantitative estimate of drug-likeness (QED) is 0.821. The van der Waals surface area contributed by atoms with Gasteiger partial charge in [0.1, 0.15) is 0 Å². The molecule has 1 heterocycles. The van der Waals surface area contributed by atoms with Gasteiger partial charge in [0.05, 0.1) is 4.88 Å². The Labute approximate surface area is 129 Å². The van der Waals surface area contributed by atoms with Crippen LogP contribution in [-0.4, -0.2) is 5.91 Å². The van der Waals surface area contributed by atoms with Gasteiger partial charge in [0.25, 0.3) is 5.91 Å². The fourth-order valence-corrected chi connectivity index (χ4v) is 3.91. The van der Waals surface area contributed by atoms with E-state index in [0.29, 0.717) is 0 Å². The summed E-state index contributed by atoms with van der Waals surface area (Å²) in [5.41, 5.74) is 10.8. The standard InChI is InChI=1S/C17H20N2OS/c1-10-8-14(11(2)7-13(10)18)19-17(20)16-9-12-5-3-4-6-15(12)21-16/h7-9H,3-6,18H2,1-2H3,(H,19,20). The molecule has 0 aliphatic heterocycles. The topological polar surface area (TPSA) is 55.1 Å². The molecule has 0 bridgehead atoms. The lowest BCUT2D eigenvalue weighted by Crippen LogP contribution is -2.11. The third-order valence-corrected chi connectivity index (χ3v) is 5.32. The number of nitrogens with one attached hydrogen (secondary N) is 1. The Hall–Kier alpha value is -1.81. The molecule has 3 nitrogen and oxygen atoms in total. The highest BCUT2D eigenvalue weighted by Crippen LogP contribution is 2.30. The van der Waals surface area contributed by atoms with Crippen LogP contribution in [0.4, 0.5) is 11.4 Å². The van der Waals surface area contributed by atoms with Crippen LogP contribution in [0.15, 0.2) is 18.2 Å². The summed E-state index contributed by atoms with van der Waals surface area (Å²) in [6.45, 7) is 3.92. The predicted molar refractivity (Wildman–Crippen MR) is 89.2 cm³/mol. The van der Waals surface area contributed by atoms with Gasteiger partial charge in [0.15, 0.2) is 0 Å². The minimum atomic E-state index is -0.0123. The van der Waals surface area contributed by atoms with Gasteiger partial charge >= 0.3 is 0 Å². The number of aryl methyl sites for hydroxylation is 4. The molecule has 2 aromatic rings. The van der Waals surface area contributed by atoms with Crippen LogP contribution in [0.5, 0.6) is 0 Å². The highest BCUT2D eigenvalue weighted by molar-refractivity contribution is 7.14. The molecule has 0 saturated carbocycles. The number of amides is 1. The molecule has 3 rings (SSSR count). The number of anilines is 2. The molecular formula is C17H20N2OS. The molecule has 1 aromatic heterocycles. The highest BCUT2D eigenvalue weighted by Gasteiger charge is 2.17. The zero-order chi connectivity index (χ0) is 15.0. The summed E-state index contributed by atoms with van der Waals surface area (Å²) < 4.78 is 0. The van der Waals surface area contributed by atoms with Gasteiger partial charge in [-0.25, -0.2) is 0 Å². The first-order chi connectivity index (χ1) is 10.0. The van der Waals surface area contributed by atoms with E-state index in [0.717, 1.165) is 40.2 Å². The first-order valence-electron chi connectivity index (χ1n) is 7.34. The summed E-state index contributed by atoms with van der Waals surface area (Å²) in [4.78, 5) is 14.6. The van der Waals surface area contributed by atoms with Crippen LogP contribution in [0.1, 0.15) is 44.1 Å². The Morgan fingerprint density at radius 2 is 1.90 bits per heavy atom. The molecule has 1 aliphatic carbocycles. The van der Waals surface area contributed by atoms with E-state index in [1.807, 2.05) is 26.0 Å². The molecule has 1 aliphatic rings. The minimum absolute atomic E-state index is 0.0123. The Balaban J connectivity index is 1.83. The number of carbonyl (C=O) groups excluding carboxylic acids is 1. The number of hydrogen-bond donors (Lipinski definition) is 2. The zero-order valence-electron chi connectivity index (χ0n) is 12.5. The van der Waals surface area contributed by atoms with Crippen molar-refractivity contribution in [2.75, 3.05) is 11.1 Å². The van der Waals surface area contributed by atoms with E-state index in [-0.39, 0.29) is 5.91 Å². The minimum Gasteiger partial charge on any atom is -0.399 e. The molecule has 110 valence electrons. The maximum Gasteiger partial charge on any atom is 0.265 e. The van der Waals surface area contributed by atoms with E-state index in [4.69, 9.17) is 5.73 Å². The maximum atomic E-state index is 12.4. The molecule has 0 unspecified atom stereocenters. The van der Waals surface area contributed by atoms with Crippen molar-refractivity contribution in [3.05, 3.63) is 44.6 Å². The first kappa shape index (κ1) is 14.1. The summed E-state index contributed by atoms with van der Waals surface area (Å²) in [5, 5.41) is 3.02. The van der Waals surface area contributed by atoms with Gasteiger partial charge in [-0.2, -0.15) is 0 Å². The van der Waals surface area contributed by atoms with Crippen molar-refractivity contribution >= 4 is 28.6 Å². The SMILES string of the molecule is Cc1cc(NC(=O)c2cc3c(s2)CCCC3)c(C)cc1N. The van der Waals surface area contributed by atoms with E-state index in [1.165, 1.54) is 23.3 Å². The monoisotopic (exact) mass is 300 g/mol. The average molecular weight is 300 g/mol. The van der Waals surface area contributed by atoms with E-state index < -0.39 is 0 Å². The van der Waals surface area contributed by atoms with Crippen molar-refractivity contribution in [3.8, 4) is 0 Å². The van der Waals surface area contributed by atoms with Crippen LogP contribution in [-0.2, 0) is 12.8 Å². The second-order valence-electron chi connectivity index (χ2n) is 5.74. The second-order valence-corrected chi connectivity index (χ2v) is 6.88. The molecule has 0 saturated heterocycles. The van der Waals surface area contributed by atoms with Crippen LogP contribution in [0.3, 0.4) is 0 Å². The molecule has 0 fully saturated rings. The molecule has 0 radical (unpaired) electrons. The summed E-state index contributed by atoms with van der Waals surface area (Å²) in [6, 6.07) is 5.91. The summed E-state index contributed by atoms with van der Waals surface area (Å²) >= 11 is 1.64. The lowest BCUT2D eigenvalue weighted by molar-refractivity contribution is 0.103. The van der Waals surface area contributed by atoms with Crippen molar-refractivity contribution in [2.24, 2.45) is 0 Å². The number of carbonyl (C=O) groups is 1. The van der Waals surface area contributed by atoms with Crippen molar-refractivity contribution in [3.63, 3.8) is 0 Å². The summed E-state index contributed by atoms with van der Waals surface area (Å²) in [5.74, 6) is -0.0123. The van der Waals surface area contributed by atoms with Gasteiger partial charge in [-0.1, -0.05) is 0 Å². The fourth-order valence-electron chi connectivity index (χ4n) is 2.76. The van der Waals surface area contributed by atoms with Gasteiger partial charge < -0.3 is 11.1 Å². The number of nitrogen functional groups attached to an aromatic ring is 1. The Kier molecular flexibility index (Phi) is 3.72. The van der Waals surface area contributed by atoms with Gasteiger partial charge in [-0.05, 0) is 74.4 Å². The Morgan fingerprint density at radius 1 is 1.14 bits per heavy atom. The maximum absolute atomic E-state index is 12.4. The Morgan fingerprint density at radius 3 is 2.67 bits per heavy atom. The van der Waals surface area contributed by atoms with Gasteiger partial charge in [-0.3, -0.25) is 4.79 Å². The van der Waals surface area contributed by atoms with Crippen LogP contribution in [0.25, 0.3) is 0 Å². The first-order valence-corrected chi connectivity index (χ1v) is 8.16. The molecule has 0 spiro atoms. The molecule has 21 heavy (non-hydrogen) atoms.